The summed E-state index contributed by atoms with van der Waals surface area (Å²) in [6, 6.07) is 0. The summed E-state index contributed by atoms with van der Waals surface area (Å²) in [6.07, 6.45) is 0.780. The molecule has 0 aliphatic heterocycles. The van der Waals surface area contributed by atoms with E-state index in [1.54, 1.807) is 13.8 Å². The van der Waals surface area contributed by atoms with Crippen LogP contribution in [0.4, 0.5) is 4.79 Å². The second-order valence-corrected chi connectivity index (χ2v) is 4.06. The zero-order valence-corrected chi connectivity index (χ0v) is 8.49. The average molecular weight is 211 g/mol. The van der Waals surface area contributed by atoms with Crippen molar-refractivity contribution >= 4 is 13.3 Å². The molecular weight excluding hydrogens is 197 g/mol. The van der Waals surface area contributed by atoms with Crippen molar-refractivity contribution in [3.63, 3.8) is 0 Å². The summed E-state index contributed by atoms with van der Waals surface area (Å²) in [4.78, 5) is 19.6. The fraction of sp³-hybridized carbons (Fsp3) is 0.833. The van der Waals surface area contributed by atoms with Crippen molar-refractivity contribution in [2.24, 2.45) is 5.90 Å². The van der Waals surface area contributed by atoms with Crippen molar-refractivity contribution in [2.75, 3.05) is 0 Å². The maximum absolute atomic E-state index is 10.9. The molecule has 78 valence electrons. The first-order valence-electron chi connectivity index (χ1n) is 3.90. The predicted octanol–water partition coefficient (Wildman–Crippen LogP) is 1.39. The van der Waals surface area contributed by atoms with Crippen molar-refractivity contribution in [2.45, 2.75) is 32.8 Å². The first-order chi connectivity index (χ1) is 5.97. The second kappa shape index (κ2) is 5.34. The predicted molar refractivity (Wildman–Crippen MR) is 45.9 cm³/mol. The number of nitrogens with two attached hydrogens (primary N) is 1. The first kappa shape index (κ1) is 12.6. The van der Waals surface area contributed by atoms with Crippen molar-refractivity contribution in [3.8, 4) is 0 Å². The summed E-state index contributed by atoms with van der Waals surface area (Å²) in [5.74, 6) is 4.45. The van der Waals surface area contributed by atoms with Crippen LogP contribution in [-0.2, 0) is 13.9 Å². The minimum atomic E-state index is -4.43. The van der Waals surface area contributed by atoms with Gasteiger partial charge in [-0.2, -0.15) is 0 Å². The molecule has 7 heteroatoms. The fourth-order valence-corrected chi connectivity index (χ4v) is 1.08. The molecule has 13 heavy (non-hydrogen) atoms. The van der Waals surface area contributed by atoms with E-state index in [-0.39, 0.29) is 6.10 Å². The number of rotatable bonds is 5. The third kappa shape index (κ3) is 3.87. The summed E-state index contributed by atoms with van der Waals surface area (Å²) in [5, 5.41) is 0. The zero-order chi connectivity index (χ0) is 10.5. The number of hydrogen-bond acceptors (Lipinski definition) is 5. The van der Waals surface area contributed by atoms with Crippen LogP contribution in [0.5, 0.6) is 0 Å². The minimum Gasteiger partial charge on any atom is -0.453 e. The van der Waals surface area contributed by atoms with Crippen LogP contribution in [-0.4, -0.2) is 16.7 Å². The van der Waals surface area contributed by atoms with Gasteiger partial charge in [0.2, 0.25) is 0 Å². The summed E-state index contributed by atoms with van der Waals surface area (Å²) in [7, 11) is -4.43. The molecule has 6 nitrogen and oxygen atoms in total. The highest BCUT2D eigenvalue weighted by atomic mass is 31.2. The third-order valence-corrected chi connectivity index (χ3v) is 2.40. The van der Waals surface area contributed by atoms with E-state index in [4.69, 9.17) is 4.89 Å². The Morgan fingerprint density at radius 2 is 2.00 bits per heavy atom. The number of hydrogen-bond donors (Lipinski definition) is 2. The Labute approximate surface area is 76.5 Å². The Bertz CT molecular complexity index is 215. The SMILES string of the molecule is CCC(CC)OC(=O)P(=O)(O)ON. The highest BCUT2D eigenvalue weighted by Gasteiger charge is 2.33. The van der Waals surface area contributed by atoms with Crippen molar-refractivity contribution in [1.82, 2.24) is 0 Å². The minimum absolute atomic E-state index is 0.372. The molecular formula is C6H14NO5P. The van der Waals surface area contributed by atoms with E-state index >= 15 is 0 Å². The first-order valence-corrected chi connectivity index (χ1v) is 5.48. The normalized spacial score (nSPS) is 15.5. The summed E-state index contributed by atoms with van der Waals surface area (Å²) < 4.78 is 19.1. The van der Waals surface area contributed by atoms with Gasteiger partial charge in [0.15, 0.2) is 0 Å². The largest absolute Gasteiger partial charge is 0.453 e. The molecule has 0 saturated heterocycles. The van der Waals surface area contributed by atoms with Gasteiger partial charge in [-0.25, -0.2) is 19.9 Å². The van der Waals surface area contributed by atoms with E-state index in [0.29, 0.717) is 12.8 Å². The van der Waals surface area contributed by atoms with Gasteiger partial charge in [-0.1, -0.05) is 13.8 Å². The Hall–Kier alpha value is -0.420. The van der Waals surface area contributed by atoms with E-state index < -0.39 is 13.3 Å². The average Bonchev–Trinajstić information content (AvgIpc) is 2.13. The number of carbonyl (C=O) groups is 1. The van der Waals surface area contributed by atoms with Crippen LogP contribution in [0.25, 0.3) is 0 Å². The molecule has 0 saturated carbocycles. The molecule has 0 rings (SSSR count). The van der Waals surface area contributed by atoms with Gasteiger partial charge in [0.1, 0.15) is 6.10 Å². The van der Waals surface area contributed by atoms with Crippen molar-refractivity contribution in [1.29, 1.82) is 0 Å². The Balaban J connectivity index is 4.22. The Kier molecular flexibility index (Phi) is 5.17. The van der Waals surface area contributed by atoms with Gasteiger partial charge in [-0.05, 0) is 12.8 Å². The highest BCUT2D eigenvalue weighted by Crippen LogP contribution is 2.42. The fourth-order valence-electron chi connectivity index (χ4n) is 0.708. The van der Waals surface area contributed by atoms with Crippen molar-refractivity contribution < 1.29 is 23.6 Å². The van der Waals surface area contributed by atoms with Gasteiger partial charge >= 0.3 is 13.3 Å². The van der Waals surface area contributed by atoms with Crippen LogP contribution in [0, 0.1) is 0 Å². The lowest BCUT2D eigenvalue weighted by Crippen LogP contribution is -2.17. The lowest BCUT2D eigenvalue weighted by molar-refractivity contribution is 0.105. The van der Waals surface area contributed by atoms with E-state index in [9.17, 15) is 9.36 Å². The molecule has 3 N–H and O–H groups in total. The van der Waals surface area contributed by atoms with Gasteiger partial charge in [-0.15, -0.1) is 0 Å². The Morgan fingerprint density at radius 3 is 2.31 bits per heavy atom. The van der Waals surface area contributed by atoms with E-state index in [1.807, 2.05) is 0 Å². The molecule has 0 aliphatic rings. The second-order valence-electron chi connectivity index (χ2n) is 2.45. The van der Waals surface area contributed by atoms with Crippen LogP contribution < -0.4 is 5.90 Å². The van der Waals surface area contributed by atoms with Crippen LogP contribution in [0.15, 0.2) is 0 Å². The molecule has 0 radical (unpaired) electrons. The van der Waals surface area contributed by atoms with Gasteiger partial charge in [0, 0.05) is 0 Å². The quantitative estimate of drug-likeness (QED) is 0.526. The topological polar surface area (TPSA) is 98.9 Å². The van der Waals surface area contributed by atoms with Crippen LogP contribution >= 0.6 is 7.60 Å². The highest BCUT2D eigenvalue weighted by molar-refractivity contribution is 7.70. The van der Waals surface area contributed by atoms with E-state index in [0.717, 1.165) is 0 Å². The molecule has 0 amide bonds. The molecule has 0 fully saturated rings. The smallest absolute Gasteiger partial charge is 0.451 e. The van der Waals surface area contributed by atoms with Crippen LogP contribution in [0.2, 0.25) is 0 Å². The van der Waals surface area contributed by atoms with E-state index in [2.05, 4.69) is 15.3 Å². The molecule has 0 aliphatic carbocycles. The zero-order valence-electron chi connectivity index (χ0n) is 7.60. The van der Waals surface area contributed by atoms with Gasteiger partial charge in [0.05, 0.1) is 0 Å². The lowest BCUT2D eigenvalue weighted by atomic mass is 10.2. The lowest BCUT2D eigenvalue weighted by Gasteiger charge is -2.14. The van der Waals surface area contributed by atoms with E-state index in [1.165, 1.54) is 0 Å². The Morgan fingerprint density at radius 1 is 1.54 bits per heavy atom. The molecule has 0 aromatic heterocycles. The molecule has 0 bridgehead atoms. The van der Waals surface area contributed by atoms with Gasteiger partial charge < -0.3 is 9.63 Å². The van der Waals surface area contributed by atoms with Gasteiger partial charge in [-0.3, -0.25) is 0 Å². The molecule has 0 heterocycles. The molecule has 0 aromatic rings. The molecule has 0 aromatic carbocycles. The third-order valence-electron chi connectivity index (χ3n) is 1.55. The maximum Gasteiger partial charge on any atom is 0.451 e. The molecule has 1 atom stereocenters. The number of ether oxygens (including phenoxy) is 1. The summed E-state index contributed by atoms with van der Waals surface area (Å²) in [6.45, 7) is 3.60. The van der Waals surface area contributed by atoms with Crippen LogP contribution in [0.3, 0.4) is 0 Å². The monoisotopic (exact) mass is 211 g/mol. The summed E-state index contributed by atoms with van der Waals surface area (Å²) in [5.41, 5.74) is -1.30. The van der Waals surface area contributed by atoms with Gasteiger partial charge in [0.25, 0.3) is 0 Å². The summed E-state index contributed by atoms with van der Waals surface area (Å²) >= 11 is 0. The number of carbonyl (C=O) groups excluding carboxylic acids is 1. The standard InChI is InChI=1S/C6H14NO5P/c1-3-5(4-2)11-6(8)13(9,10)12-7/h5H,3-4,7H2,1-2H3,(H,9,10). The van der Waals surface area contributed by atoms with Crippen LogP contribution in [0.1, 0.15) is 26.7 Å². The van der Waals surface area contributed by atoms with Crippen molar-refractivity contribution in [3.05, 3.63) is 0 Å². The maximum atomic E-state index is 10.9. The molecule has 1 unspecified atom stereocenters. The molecule has 0 spiro atoms.